The number of hydrogen-bond acceptors (Lipinski definition) is 2. The fourth-order valence-corrected chi connectivity index (χ4v) is 3.09. The summed E-state index contributed by atoms with van der Waals surface area (Å²) in [4.78, 5) is 0. The molecule has 1 saturated heterocycles. The molecule has 1 atom stereocenters. The van der Waals surface area contributed by atoms with Crippen molar-refractivity contribution < 1.29 is 5.11 Å². The van der Waals surface area contributed by atoms with Crippen LogP contribution in [0, 0.1) is 0 Å². The van der Waals surface area contributed by atoms with E-state index < -0.39 is 0 Å². The summed E-state index contributed by atoms with van der Waals surface area (Å²) >= 11 is 6.03. The van der Waals surface area contributed by atoms with E-state index in [1.165, 1.54) is 19.3 Å². The Bertz CT molecular complexity index is 591. The summed E-state index contributed by atoms with van der Waals surface area (Å²) in [7, 11) is 0. The average Bonchev–Trinajstić information content (AvgIpc) is 2.43. The molecule has 1 unspecified atom stereocenters. The maximum absolute atomic E-state index is 10.1. The Morgan fingerprint density at radius 1 is 1.21 bits per heavy atom. The van der Waals surface area contributed by atoms with E-state index in [0.717, 1.165) is 34.3 Å². The molecule has 0 aliphatic carbocycles. The molecular weight excluding hydrogens is 258 g/mol. The van der Waals surface area contributed by atoms with E-state index in [-0.39, 0.29) is 0 Å². The molecule has 19 heavy (non-hydrogen) atoms. The summed E-state index contributed by atoms with van der Waals surface area (Å²) in [5, 5.41) is 16.6. The largest absolute Gasteiger partial charge is 0.508 e. The lowest BCUT2D eigenvalue weighted by atomic mass is 9.93. The van der Waals surface area contributed by atoms with Crippen LogP contribution in [0.4, 0.5) is 0 Å². The second-order valence-corrected chi connectivity index (χ2v) is 5.72. The first-order chi connectivity index (χ1) is 9.24. The van der Waals surface area contributed by atoms with Crippen molar-refractivity contribution in [3.05, 3.63) is 40.9 Å². The summed E-state index contributed by atoms with van der Waals surface area (Å²) in [6.07, 6.45) is 4.59. The smallest absolute Gasteiger partial charge is 0.119 e. The molecule has 1 aliphatic rings. The molecule has 3 heteroatoms. The Balaban J connectivity index is 1.98. The Morgan fingerprint density at radius 3 is 2.89 bits per heavy atom. The minimum atomic E-state index is 0.391. The Hall–Kier alpha value is -1.25. The zero-order valence-electron chi connectivity index (χ0n) is 10.8. The van der Waals surface area contributed by atoms with Gasteiger partial charge < -0.3 is 10.4 Å². The normalized spacial score (nSPS) is 19.7. The maximum Gasteiger partial charge on any atom is 0.119 e. The molecule has 0 amide bonds. The first-order valence-electron chi connectivity index (χ1n) is 6.87. The molecule has 0 aromatic heterocycles. The van der Waals surface area contributed by atoms with E-state index in [1.54, 1.807) is 6.07 Å². The number of hydrogen-bond donors (Lipinski definition) is 2. The molecule has 1 aliphatic heterocycles. The zero-order valence-corrected chi connectivity index (χ0v) is 11.6. The quantitative estimate of drug-likeness (QED) is 0.872. The van der Waals surface area contributed by atoms with E-state index in [4.69, 9.17) is 11.6 Å². The van der Waals surface area contributed by atoms with Gasteiger partial charge in [0.1, 0.15) is 5.75 Å². The highest BCUT2D eigenvalue weighted by Crippen LogP contribution is 2.31. The van der Waals surface area contributed by atoms with Crippen LogP contribution < -0.4 is 5.32 Å². The van der Waals surface area contributed by atoms with Crippen molar-refractivity contribution in [3.63, 3.8) is 0 Å². The molecule has 0 saturated carbocycles. The molecule has 0 radical (unpaired) electrons. The second-order valence-electron chi connectivity index (χ2n) is 5.28. The lowest BCUT2D eigenvalue weighted by Gasteiger charge is -2.24. The molecule has 0 spiro atoms. The van der Waals surface area contributed by atoms with Crippen LogP contribution in [-0.4, -0.2) is 17.7 Å². The third-order valence-corrected chi connectivity index (χ3v) is 4.17. The van der Waals surface area contributed by atoms with Crippen molar-refractivity contribution in [2.45, 2.75) is 31.7 Å². The van der Waals surface area contributed by atoms with Gasteiger partial charge in [-0.3, -0.25) is 0 Å². The fraction of sp³-hybridized carbons (Fsp3) is 0.375. The molecular formula is C16H18ClNO. The van der Waals surface area contributed by atoms with Crippen LogP contribution in [-0.2, 0) is 6.42 Å². The van der Waals surface area contributed by atoms with Crippen molar-refractivity contribution in [2.24, 2.45) is 0 Å². The summed E-state index contributed by atoms with van der Waals surface area (Å²) < 4.78 is 0. The van der Waals surface area contributed by atoms with Gasteiger partial charge >= 0.3 is 0 Å². The Morgan fingerprint density at radius 2 is 2.11 bits per heavy atom. The molecule has 1 heterocycles. The number of piperidine rings is 1. The lowest BCUT2D eigenvalue weighted by Crippen LogP contribution is -2.35. The predicted octanol–water partition coefficient (Wildman–Crippen LogP) is 3.88. The first kappa shape index (κ1) is 12.8. The first-order valence-corrected chi connectivity index (χ1v) is 7.25. The summed E-state index contributed by atoms with van der Waals surface area (Å²) in [5.74, 6) is 0.391. The van der Waals surface area contributed by atoms with Crippen LogP contribution in [0.25, 0.3) is 10.8 Å². The van der Waals surface area contributed by atoms with Gasteiger partial charge in [0.25, 0.3) is 0 Å². The monoisotopic (exact) mass is 275 g/mol. The third-order valence-electron chi connectivity index (χ3n) is 3.93. The van der Waals surface area contributed by atoms with Crippen molar-refractivity contribution in [3.8, 4) is 5.75 Å². The number of rotatable bonds is 2. The highest BCUT2D eigenvalue weighted by atomic mass is 35.5. The van der Waals surface area contributed by atoms with Crippen LogP contribution in [0.15, 0.2) is 30.3 Å². The molecule has 1 fully saturated rings. The fourth-order valence-electron chi connectivity index (χ4n) is 2.91. The minimum absolute atomic E-state index is 0.391. The van der Waals surface area contributed by atoms with Crippen LogP contribution >= 0.6 is 11.6 Å². The number of fused-ring (bicyclic) bond motifs is 1. The maximum atomic E-state index is 10.1. The molecule has 3 rings (SSSR count). The summed E-state index contributed by atoms with van der Waals surface area (Å²) in [6, 6.07) is 10.0. The van der Waals surface area contributed by atoms with E-state index in [9.17, 15) is 5.11 Å². The number of halogens is 1. The zero-order chi connectivity index (χ0) is 13.2. The molecule has 2 N–H and O–H groups in total. The van der Waals surface area contributed by atoms with Gasteiger partial charge in [0.05, 0.1) is 0 Å². The topological polar surface area (TPSA) is 32.3 Å². The van der Waals surface area contributed by atoms with Gasteiger partial charge in [-0.1, -0.05) is 30.2 Å². The van der Waals surface area contributed by atoms with Crippen LogP contribution in [0.5, 0.6) is 5.75 Å². The van der Waals surface area contributed by atoms with Crippen LogP contribution in [0.1, 0.15) is 24.8 Å². The summed E-state index contributed by atoms with van der Waals surface area (Å²) in [5.41, 5.74) is 1.04. The van der Waals surface area contributed by atoms with Crippen LogP contribution in [0.3, 0.4) is 0 Å². The van der Waals surface area contributed by atoms with Gasteiger partial charge in [0.2, 0.25) is 0 Å². The number of phenols is 1. The highest BCUT2D eigenvalue weighted by Gasteiger charge is 2.16. The van der Waals surface area contributed by atoms with Crippen molar-refractivity contribution in [1.29, 1.82) is 0 Å². The summed E-state index contributed by atoms with van der Waals surface area (Å²) in [6.45, 7) is 1.09. The molecule has 2 nitrogen and oxygen atoms in total. The van der Waals surface area contributed by atoms with E-state index >= 15 is 0 Å². The number of aromatic hydroxyl groups is 1. The van der Waals surface area contributed by atoms with Gasteiger partial charge in [-0.05, 0) is 54.8 Å². The molecule has 2 aromatic rings. The highest BCUT2D eigenvalue weighted by molar-refractivity contribution is 6.31. The number of nitrogens with one attached hydrogen (secondary N) is 1. The van der Waals surface area contributed by atoms with E-state index in [0.29, 0.717) is 11.8 Å². The van der Waals surface area contributed by atoms with E-state index in [2.05, 4.69) is 5.32 Å². The van der Waals surface area contributed by atoms with Gasteiger partial charge in [-0.15, -0.1) is 0 Å². The minimum Gasteiger partial charge on any atom is -0.508 e. The SMILES string of the molecule is Oc1ccc2cc(Cl)ccc2c1CC1CCCCN1. The second kappa shape index (κ2) is 5.40. The lowest BCUT2D eigenvalue weighted by molar-refractivity contribution is 0.393. The predicted molar refractivity (Wildman–Crippen MR) is 80.0 cm³/mol. The van der Waals surface area contributed by atoms with Crippen molar-refractivity contribution in [1.82, 2.24) is 5.32 Å². The van der Waals surface area contributed by atoms with E-state index in [1.807, 2.05) is 24.3 Å². The van der Waals surface area contributed by atoms with Gasteiger partial charge in [-0.2, -0.15) is 0 Å². The Kier molecular flexibility index (Phi) is 3.63. The number of benzene rings is 2. The Labute approximate surface area is 118 Å². The average molecular weight is 276 g/mol. The standard InChI is InChI=1S/C16H18ClNO/c17-12-5-6-14-11(9-12)4-7-16(19)15(14)10-13-3-1-2-8-18-13/h4-7,9,13,18-19H,1-3,8,10H2. The molecule has 2 aromatic carbocycles. The van der Waals surface area contributed by atoms with Gasteiger partial charge in [0, 0.05) is 16.6 Å². The van der Waals surface area contributed by atoms with Crippen molar-refractivity contribution >= 4 is 22.4 Å². The van der Waals surface area contributed by atoms with Gasteiger partial charge in [-0.25, -0.2) is 0 Å². The molecule has 100 valence electrons. The van der Waals surface area contributed by atoms with Gasteiger partial charge in [0.15, 0.2) is 0 Å². The number of phenolic OH excluding ortho intramolecular Hbond substituents is 1. The third kappa shape index (κ3) is 2.70. The van der Waals surface area contributed by atoms with Crippen LogP contribution in [0.2, 0.25) is 5.02 Å². The van der Waals surface area contributed by atoms with Crippen molar-refractivity contribution in [2.75, 3.05) is 6.54 Å². The molecule has 0 bridgehead atoms.